The van der Waals surface area contributed by atoms with E-state index in [4.69, 9.17) is 25.8 Å². The van der Waals surface area contributed by atoms with E-state index in [-0.39, 0.29) is 18.3 Å². The van der Waals surface area contributed by atoms with Crippen molar-refractivity contribution in [2.75, 3.05) is 26.9 Å². The van der Waals surface area contributed by atoms with Gasteiger partial charge in [0.25, 0.3) is 0 Å². The van der Waals surface area contributed by atoms with Gasteiger partial charge in [0.2, 0.25) is 0 Å². The summed E-state index contributed by atoms with van der Waals surface area (Å²) < 4.78 is 15.8. The van der Waals surface area contributed by atoms with Gasteiger partial charge in [-0.1, -0.05) is 37.6 Å². The third-order valence-electron chi connectivity index (χ3n) is 5.98. The maximum Gasteiger partial charge on any atom is 0.336 e. The maximum absolute atomic E-state index is 13.6. The number of dihydropyridines is 1. The van der Waals surface area contributed by atoms with Gasteiger partial charge in [-0.25, -0.2) is 4.79 Å². The van der Waals surface area contributed by atoms with Crippen molar-refractivity contribution in [1.29, 1.82) is 0 Å². The molecule has 3 atom stereocenters. The summed E-state index contributed by atoms with van der Waals surface area (Å²) in [6.45, 7) is 6.62. The Bertz CT molecular complexity index is 981. The smallest absolute Gasteiger partial charge is 0.336 e. The number of hydrogen-bond acceptors (Lipinski definition) is 7. The third kappa shape index (κ3) is 5.31. The number of allylic oxidation sites excluding steroid dienone is 3. The molecule has 2 aliphatic rings. The highest BCUT2D eigenvalue weighted by atomic mass is 35.5. The van der Waals surface area contributed by atoms with Crippen molar-refractivity contribution < 1.29 is 28.6 Å². The SMILES string of the molecule is CCCOCCOC(=O)C1=C(C)NC2=C(C(=O)[C@H](C(=O)OC)[C@H](C)C2)[C@H]1c1ccc(Cl)cc1. The molecule has 1 aliphatic heterocycles. The van der Waals surface area contributed by atoms with Crippen LogP contribution in [-0.4, -0.2) is 44.7 Å². The van der Waals surface area contributed by atoms with Gasteiger partial charge in [0.05, 0.1) is 19.3 Å². The van der Waals surface area contributed by atoms with E-state index in [9.17, 15) is 14.4 Å². The third-order valence-corrected chi connectivity index (χ3v) is 6.23. The van der Waals surface area contributed by atoms with E-state index < -0.39 is 23.8 Å². The second kappa shape index (κ2) is 11.0. The van der Waals surface area contributed by atoms with Crippen molar-refractivity contribution >= 4 is 29.3 Å². The fraction of sp³-hybridized carbons (Fsp3) is 0.480. The summed E-state index contributed by atoms with van der Waals surface area (Å²) in [6, 6.07) is 6.99. The molecule has 0 aromatic heterocycles. The molecule has 1 aromatic rings. The van der Waals surface area contributed by atoms with E-state index in [2.05, 4.69) is 5.32 Å². The predicted molar refractivity (Wildman–Crippen MR) is 123 cm³/mol. The van der Waals surface area contributed by atoms with Crippen LogP contribution in [0.15, 0.2) is 46.8 Å². The number of carbonyl (C=O) groups is 3. The largest absolute Gasteiger partial charge is 0.468 e. The molecule has 1 N–H and O–H groups in total. The summed E-state index contributed by atoms with van der Waals surface area (Å²) in [5.74, 6) is -3.30. The molecule has 178 valence electrons. The Morgan fingerprint density at radius 1 is 1.15 bits per heavy atom. The second-order valence-corrected chi connectivity index (χ2v) is 8.77. The number of nitrogens with one attached hydrogen (secondary N) is 1. The Balaban J connectivity index is 2.01. The van der Waals surface area contributed by atoms with Crippen molar-refractivity contribution in [1.82, 2.24) is 5.32 Å². The minimum Gasteiger partial charge on any atom is -0.468 e. The van der Waals surface area contributed by atoms with Gasteiger partial charge in [0.1, 0.15) is 12.5 Å². The summed E-state index contributed by atoms with van der Waals surface area (Å²) in [7, 11) is 1.27. The van der Waals surface area contributed by atoms with Crippen LogP contribution in [0, 0.1) is 11.8 Å². The molecule has 0 unspecified atom stereocenters. The van der Waals surface area contributed by atoms with Crippen LogP contribution >= 0.6 is 11.6 Å². The minimum atomic E-state index is -0.927. The van der Waals surface area contributed by atoms with Crippen LogP contribution in [0.2, 0.25) is 5.02 Å². The first-order chi connectivity index (χ1) is 15.8. The molecule has 8 heteroatoms. The van der Waals surface area contributed by atoms with Crippen LogP contribution in [0.4, 0.5) is 0 Å². The lowest BCUT2D eigenvalue weighted by molar-refractivity contribution is -0.151. The molecule has 0 bridgehead atoms. The normalized spacial score (nSPS) is 22.6. The highest BCUT2D eigenvalue weighted by molar-refractivity contribution is 6.30. The van der Waals surface area contributed by atoms with Gasteiger partial charge in [-0.3, -0.25) is 9.59 Å². The Kier molecular flexibility index (Phi) is 8.32. The zero-order valence-electron chi connectivity index (χ0n) is 19.4. The number of carbonyl (C=O) groups excluding carboxylic acids is 3. The van der Waals surface area contributed by atoms with Crippen molar-refractivity contribution in [2.24, 2.45) is 11.8 Å². The molecule has 3 rings (SSSR count). The molecule has 0 saturated carbocycles. The van der Waals surface area contributed by atoms with Gasteiger partial charge >= 0.3 is 11.9 Å². The Hall–Kier alpha value is -2.64. The van der Waals surface area contributed by atoms with Gasteiger partial charge in [-0.15, -0.1) is 0 Å². The maximum atomic E-state index is 13.6. The standard InChI is InChI=1S/C25H30ClNO6/c1-5-10-32-11-12-33-25(30)20-15(3)27-18-13-14(2)19(24(29)31-4)23(28)22(18)21(20)16-6-8-17(26)9-7-16/h6-9,14,19,21,27H,5,10-13H2,1-4H3/t14-,19-,21+/m1/s1. The van der Waals surface area contributed by atoms with E-state index in [1.165, 1.54) is 7.11 Å². The average molecular weight is 476 g/mol. The zero-order valence-corrected chi connectivity index (χ0v) is 20.2. The first-order valence-corrected chi connectivity index (χ1v) is 11.5. The van der Waals surface area contributed by atoms with Crippen LogP contribution in [-0.2, 0) is 28.6 Å². The van der Waals surface area contributed by atoms with Crippen LogP contribution < -0.4 is 5.32 Å². The summed E-state index contributed by atoms with van der Waals surface area (Å²) in [6.07, 6.45) is 1.36. The fourth-order valence-electron chi connectivity index (χ4n) is 4.46. The van der Waals surface area contributed by atoms with Gasteiger partial charge in [-0.2, -0.15) is 0 Å². The molecule has 1 heterocycles. The number of esters is 2. The van der Waals surface area contributed by atoms with Gasteiger partial charge < -0.3 is 19.5 Å². The van der Waals surface area contributed by atoms with E-state index >= 15 is 0 Å². The molecule has 33 heavy (non-hydrogen) atoms. The zero-order chi connectivity index (χ0) is 24.1. The molecular formula is C25H30ClNO6. The van der Waals surface area contributed by atoms with E-state index in [1.807, 2.05) is 13.8 Å². The highest BCUT2D eigenvalue weighted by Gasteiger charge is 2.47. The highest BCUT2D eigenvalue weighted by Crippen LogP contribution is 2.45. The van der Waals surface area contributed by atoms with Gasteiger partial charge in [0.15, 0.2) is 5.78 Å². The molecule has 1 aromatic carbocycles. The molecular weight excluding hydrogens is 446 g/mol. The first-order valence-electron chi connectivity index (χ1n) is 11.1. The molecule has 0 amide bonds. The molecule has 1 aliphatic carbocycles. The number of ketones is 1. The number of methoxy groups -OCH3 is 1. The van der Waals surface area contributed by atoms with E-state index in [0.717, 1.165) is 6.42 Å². The second-order valence-electron chi connectivity index (χ2n) is 8.34. The lowest BCUT2D eigenvalue weighted by Crippen LogP contribution is -2.43. The minimum absolute atomic E-state index is 0.102. The Labute approximate surface area is 199 Å². The van der Waals surface area contributed by atoms with Gasteiger partial charge in [-0.05, 0) is 43.4 Å². The molecule has 0 radical (unpaired) electrons. The van der Waals surface area contributed by atoms with Crippen molar-refractivity contribution in [3.05, 3.63) is 57.4 Å². The quantitative estimate of drug-likeness (QED) is 0.346. The Morgan fingerprint density at radius 2 is 1.85 bits per heavy atom. The lowest BCUT2D eigenvalue weighted by atomic mass is 9.69. The number of rotatable bonds is 8. The van der Waals surface area contributed by atoms with Crippen LogP contribution in [0.5, 0.6) is 0 Å². The van der Waals surface area contributed by atoms with Crippen LogP contribution in [0.25, 0.3) is 0 Å². The topological polar surface area (TPSA) is 90.9 Å². The summed E-state index contributed by atoms with van der Waals surface area (Å²) in [5.41, 5.74) is 2.77. The summed E-state index contributed by atoms with van der Waals surface area (Å²) >= 11 is 6.09. The summed E-state index contributed by atoms with van der Waals surface area (Å²) in [5, 5.41) is 3.78. The van der Waals surface area contributed by atoms with Crippen LogP contribution in [0.3, 0.4) is 0 Å². The molecule has 7 nitrogen and oxygen atoms in total. The van der Waals surface area contributed by atoms with Crippen molar-refractivity contribution in [3.8, 4) is 0 Å². The van der Waals surface area contributed by atoms with Crippen molar-refractivity contribution in [2.45, 2.75) is 39.5 Å². The number of ether oxygens (including phenoxy) is 3. The molecule has 0 saturated heterocycles. The number of benzene rings is 1. The fourth-order valence-corrected chi connectivity index (χ4v) is 4.58. The van der Waals surface area contributed by atoms with Gasteiger partial charge in [0, 0.05) is 34.5 Å². The molecule has 0 spiro atoms. The van der Waals surface area contributed by atoms with E-state index in [0.29, 0.717) is 52.8 Å². The van der Waals surface area contributed by atoms with Crippen LogP contribution in [0.1, 0.15) is 45.1 Å². The van der Waals surface area contributed by atoms with E-state index in [1.54, 1.807) is 31.2 Å². The number of hydrogen-bond donors (Lipinski definition) is 1. The first kappa shape index (κ1) is 25.0. The Morgan fingerprint density at radius 3 is 2.48 bits per heavy atom. The van der Waals surface area contributed by atoms with Crippen molar-refractivity contribution in [3.63, 3.8) is 0 Å². The lowest BCUT2D eigenvalue weighted by Gasteiger charge is -2.38. The molecule has 0 fully saturated rings. The number of halogens is 1. The summed E-state index contributed by atoms with van der Waals surface area (Å²) in [4.78, 5) is 39.2. The predicted octanol–water partition coefficient (Wildman–Crippen LogP) is 3.92. The average Bonchev–Trinajstić information content (AvgIpc) is 2.78. The monoisotopic (exact) mass is 475 g/mol. The number of Topliss-reactive ketones (excluding diaryl/α,β-unsaturated/α-hetero) is 1.